The van der Waals surface area contributed by atoms with Crippen LogP contribution in [-0.4, -0.2) is 51.3 Å². The Morgan fingerprint density at radius 1 is 1.09 bits per heavy atom. The summed E-state index contributed by atoms with van der Waals surface area (Å²) in [5, 5.41) is 15.5. The predicted molar refractivity (Wildman–Crippen MR) is 123 cm³/mol. The third-order valence-electron chi connectivity index (χ3n) is 6.50. The zero-order valence-electron chi connectivity index (χ0n) is 19.1. The molecule has 1 aliphatic carbocycles. The van der Waals surface area contributed by atoms with Crippen LogP contribution in [0.15, 0.2) is 54.6 Å². The van der Waals surface area contributed by atoms with Gasteiger partial charge in [-0.15, -0.1) is 5.10 Å². The third kappa shape index (κ3) is 4.30. The summed E-state index contributed by atoms with van der Waals surface area (Å²) in [5.74, 6) is 0.584. The van der Waals surface area contributed by atoms with Crippen LogP contribution in [0.1, 0.15) is 48.8 Å². The van der Waals surface area contributed by atoms with Crippen LogP contribution in [0.2, 0.25) is 0 Å². The molecule has 0 bridgehead atoms. The van der Waals surface area contributed by atoms with Gasteiger partial charge in [-0.1, -0.05) is 37.3 Å². The Kier molecular flexibility index (Phi) is 6.39. The molecule has 0 spiro atoms. The molecule has 1 heterocycles. The van der Waals surface area contributed by atoms with Crippen molar-refractivity contribution in [2.24, 2.45) is 5.92 Å². The van der Waals surface area contributed by atoms with Crippen molar-refractivity contribution in [3.63, 3.8) is 0 Å². The fourth-order valence-electron chi connectivity index (χ4n) is 4.45. The first-order valence-electron chi connectivity index (χ1n) is 11.0. The standard InChI is InChI=1S/C24H28N6O3/c1-17-13-15-24(16-14-17,29(2)23(32)25-18-9-5-4-6-10-18)22-26-27-28-30(22)20-12-8-7-11-19(20)21(31)33-3/h4-12,17H,13-16H2,1-3H3,(H,25,32). The molecule has 1 aliphatic rings. The van der Waals surface area contributed by atoms with Crippen LogP contribution in [0, 0.1) is 5.92 Å². The fourth-order valence-corrected chi connectivity index (χ4v) is 4.45. The molecular weight excluding hydrogens is 420 g/mol. The number of tetrazole rings is 1. The molecule has 0 atom stereocenters. The van der Waals surface area contributed by atoms with Gasteiger partial charge in [0.15, 0.2) is 5.82 Å². The van der Waals surface area contributed by atoms with Crippen molar-refractivity contribution in [2.75, 3.05) is 19.5 Å². The third-order valence-corrected chi connectivity index (χ3v) is 6.50. The van der Waals surface area contributed by atoms with Gasteiger partial charge < -0.3 is 15.0 Å². The number of rotatable bonds is 5. The quantitative estimate of drug-likeness (QED) is 0.592. The maximum absolute atomic E-state index is 13.3. The highest BCUT2D eigenvalue weighted by Gasteiger charge is 2.46. The zero-order valence-corrected chi connectivity index (χ0v) is 19.1. The van der Waals surface area contributed by atoms with E-state index in [1.54, 1.807) is 34.8 Å². The van der Waals surface area contributed by atoms with E-state index in [9.17, 15) is 9.59 Å². The molecule has 1 aromatic heterocycles. The largest absolute Gasteiger partial charge is 0.465 e. The van der Waals surface area contributed by atoms with Crippen molar-refractivity contribution >= 4 is 17.7 Å². The van der Waals surface area contributed by atoms with Crippen LogP contribution in [-0.2, 0) is 10.3 Å². The molecule has 0 unspecified atom stereocenters. The minimum absolute atomic E-state index is 0.244. The monoisotopic (exact) mass is 448 g/mol. The molecule has 172 valence electrons. The smallest absolute Gasteiger partial charge is 0.340 e. The van der Waals surface area contributed by atoms with Crippen molar-refractivity contribution < 1.29 is 14.3 Å². The molecule has 2 aromatic carbocycles. The van der Waals surface area contributed by atoms with E-state index in [0.29, 0.717) is 41.5 Å². The summed E-state index contributed by atoms with van der Waals surface area (Å²) < 4.78 is 6.52. The summed E-state index contributed by atoms with van der Waals surface area (Å²) in [7, 11) is 3.12. The highest BCUT2D eigenvalue weighted by atomic mass is 16.5. The van der Waals surface area contributed by atoms with E-state index in [1.165, 1.54) is 7.11 Å². The van der Waals surface area contributed by atoms with Crippen LogP contribution < -0.4 is 5.32 Å². The first-order chi connectivity index (χ1) is 16.0. The summed E-state index contributed by atoms with van der Waals surface area (Å²) >= 11 is 0. The molecule has 4 rings (SSSR count). The van der Waals surface area contributed by atoms with Gasteiger partial charge in [-0.05, 0) is 66.3 Å². The first-order valence-corrected chi connectivity index (χ1v) is 11.0. The van der Waals surface area contributed by atoms with Crippen molar-refractivity contribution in [3.05, 3.63) is 66.0 Å². The Morgan fingerprint density at radius 3 is 2.45 bits per heavy atom. The number of aromatic nitrogens is 4. The second-order valence-electron chi connectivity index (χ2n) is 8.49. The molecule has 9 heteroatoms. The van der Waals surface area contributed by atoms with Gasteiger partial charge in [-0.25, -0.2) is 9.59 Å². The molecule has 0 aliphatic heterocycles. The highest BCUT2D eigenvalue weighted by molar-refractivity contribution is 5.93. The fraction of sp³-hybridized carbons (Fsp3) is 0.375. The summed E-state index contributed by atoms with van der Waals surface area (Å²) in [6, 6.07) is 16.1. The van der Waals surface area contributed by atoms with Gasteiger partial charge in [0.05, 0.1) is 18.4 Å². The molecular formula is C24H28N6O3. The number of amides is 2. The summed E-state index contributed by atoms with van der Waals surface area (Å²) in [5.41, 5.74) is 0.839. The number of nitrogens with zero attached hydrogens (tertiary/aromatic N) is 5. The number of carbonyl (C=O) groups excluding carboxylic acids is 2. The second kappa shape index (κ2) is 9.40. The van der Waals surface area contributed by atoms with Gasteiger partial charge in [-0.3, -0.25) is 0 Å². The number of hydrogen-bond donors (Lipinski definition) is 1. The lowest BCUT2D eigenvalue weighted by atomic mass is 9.75. The minimum atomic E-state index is -0.738. The lowest BCUT2D eigenvalue weighted by molar-refractivity contribution is 0.0599. The number of anilines is 1. The maximum Gasteiger partial charge on any atom is 0.340 e. The van der Waals surface area contributed by atoms with E-state index in [4.69, 9.17) is 4.74 Å². The molecule has 1 N–H and O–H groups in total. The Balaban J connectivity index is 1.77. The van der Waals surface area contributed by atoms with Gasteiger partial charge >= 0.3 is 12.0 Å². The van der Waals surface area contributed by atoms with Crippen LogP contribution in [0.3, 0.4) is 0 Å². The molecule has 33 heavy (non-hydrogen) atoms. The number of nitrogens with one attached hydrogen (secondary N) is 1. The van der Waals surface area contributed by atoms with Crippen molar-refractivity contribution in [2.45, 2.75) is 38.1 Å². The number of carbonyl (C=O) groups is 2. The van der Waals surface area contributed by atoms with Gasteiger partial charge in [0.1, 0.15) is 5.54 Å². The van der Waals surface area contributed by atoms with Crippen LogP contribution >= 0.6 is 0 Å². The van der Waals surface area contributed by atoms with Gasteiger partial charge in [0, 0.05) is 12.7 Å². The van der Waals surface area contributed by atoms with Crippen molar-refractivity contribution in [1.82, 2.24) is 25.1 Å². The topological polar surface area (TPSA) is 102 Å². The lowest BCUT2D eigenvalue weighted by Gasteiger charge is -2.44. The molecule has 1 fully saturated rings. The number of esters is 1. The van der Waals surface area contributed by atoms with Crippen molar-refractivity contribution in [3.8, 4) is 5.69 Å². The van der Waals surface area contributed by atoms with Gasteiger partial charge in [0.2, 0.25) is 0 Å². The number of urea groups is 1. The molecule has 2 amide bonds. The zero-order chi connectivity index (χ0) is 23.4. The average molecular weight is 449 g/mol. The molecule has 1 saturated carbocycles. The number of ether oxygens (including phenoxy) is 1. The number of benzene rings is 2. The predicted octanol–water partition coefficient (Wildman–Crippen LogP) is 4.02. The van der Waals surface area contributed by atoms with E-state index in [1.807, 2.05) is 36.4 Å². The molecule has 0 saturated heterocycles. The Bertz CT molecular complexity index is 1120. The van der Waals surface area contributed by atoms with Gasteiger partial charge in [0.25, 0.3) is 0 Å². The van der Waals surface area contributed by atoms with E-state index in [2.05, 4.69) is 27.8 Å². The molecule has 3 aromatic rings. The minimum Gasteiger partial charge on any atom is -0.465 e. The number of para-hydroxylation sites is 2. The van der Waals surface area contributed by atoms with E-state index >= 15 is 0 Å². The summed E-state index contributed by atoms with van der Waals surface area (Å²) in [6.07, 6.45) is 3.25. The molecule has 0 radical (unpaired) electrons. The maximum atomic E-state index is 13.3. The lowest BCUT2D eigenvalue weighted by Crippen LogP contribution is -2.52. The SMILES string of the molecule is COC(=O)c1ccccc1-n1nnnc1C1(N(C)C(=O)Nc2ccccc2)CCC(C)CC1. The molecule has 9 nitrogen and oxygen atoms in total. The van der Waals surface area contributed by atoms with E-state index < -0.39 is 11.5 Å². The highest BCUT2D eigenvalue weighted by Crippen LogP contribution is 2.43. The summed E-state index contributed by atoms with van der Waals surface area (Å²) in [6.45, 7) is 2.21. The van der Waals surface area contributed by atoms with Crippen LogP contribution in [0.4, 0.5) is 10.5 Å². The normalized spacial score (nSPS) is 20.2. The van der Waals surface area contributed by atoms with Crippen molar-refractivity contribution in [1.29, 1.82) is 0 Å². The Labute approximate surface area is 192 Å². The number of methoxy groups -OCH3 is 1. The summed E-state index contributed by atoms with van der Waals surface area (Å²) in [4.78, 5) is 27.4. The van der Waals surface area contributed by atoms with Crippen LogP contribution in [0.5, 0.6) is 0 Å². The Morgan fingerprint density at radius 2 is 1.76 bits per heavy atom. The van der Waals surface area contributed by atoms with E-state index in [-0.39, 0.29) is 6.03 Å². The average Bonchev–Trinajstić information content (AvgIpc) is 3.35. The Hall–Kier alpha value is -3.75. The van der Waals surface area contributed by atoms with E-state index in [0.717, 1.165) is 12.8 Å². The number of hydrogen-bond acceptors (Lipinski definition) is 6. The van der Waals surface area contributed by atoms with Crippen LogP contribution in [0.25, 0.3) is 5.69 Å². The first kappa shape index (κ1) is 22.4. The second-order valence-corrected chi connectivity index (χ2v) is 8.49. The van der Waals surface area contributed by atoms with Gasteiger partial charge in [-0.2, -0.15) is 4.68 Å².